The Morgan fingerprint density at radius 1 is 1.15 bits per heavy atom. The first kappa shape index (κ1) is 24.6. The van der Waals surface area contributed by atoms with Crippen LogP contribution in [0.25, 0.3) is 0 Å². The van der Waals surface area contributed by atoms with Crippen molar-refractivity contribution in [1.29, 1.82) is 0 Å². The van der Waals surface area contributed by atoms with Crippen LogP contribution >= 0.6 is 23.4 Å². The summed E-state index contributed by atoms with van der Waals surface area (Å²) in [6.45, 7) is 3.70. The fraction of sp³-hybridized carbons (Fsp3) is 0.304. The first-order valence-electron chi connectivity index (χ1n) is 10.3. The molecule has 1 atom stereocenters. The molecule has 2 aromatic carbocycles. The largest absolute Gasteiger partial charge is 0.497 e. The van der Waals surface area contributed by atoms with E-state index in [-0.39, 0.29) is 30.0 Å². The van der Waals surface area contributed by atoms with Crippen molar-refractivity contribution in [3.05, 3.63) is 64.4 Å². The van der Waals surface area contributed by atoms with Gasteiger partial charge >= 0.3 is 0 Å². The van der Waals surface area contributed by atoms with Crippen LogP contribution in [0.15, 0.2) is 47.6 Å². The number of hydrogen-bond acceptors (Lipinski definition) is 6. The molecule has 3 rings (SSSR count). The molecule has 1 heterocycles. The highest BCUT2D eigenvalue weighted by Gasteiger charge is 2.19. The van der Waals surface area contributed by atoms with Crippen LogP contribution in [0, 0.1) is 6.92 Å². The number of methoxy groups -OCH3 is 1. The molecule has 0 radical (unpaired) electrons. The molecule has 33 heavy (non-hydrogen) atoms. The lowest BCUT2D eigenvalue weighted by atomic mass is 10.1. The Morgan fingerprint density at radius 2 is 1.88 bits per heavy atom. The number of nitrogens with zero attached hydrogens (tertiary/aromatic N) is 3. The van der Waals surface area contributed by atoms with E-state index in [4.69, 9.17) is 16.3 Å². The number of aromatic nitrogens is 3. The van der Waals surface area contributed by atoms with Crippen molar-refractivity contribution >= 4 is 40.9 Å². The van der Waals surface area contributed by atoms with E-state index < -0.39 is 0 Å². The van der Waals surface area contributed by atoms with Gasteiger partial charge in [0.25, 0.3) is 0 Å². The van der Waals surface area contributed by atoms with Crippen LogP contribution in [0.2, 0.25) is 5.02 Å². The number of rotatable bonds is 9. The zero-order valence-corrected chi connectivity index (χ0v) is 20.5. The highest BCUT2D eigenvalue weighted by Crippen LogP contribution is 2.24. The van der Waals surface area contributed by atoms with Gasteiger partial charge in [0.2, 0.25) is 11.8 Å². The molecule has 0 spiro atoms. The van der Waals surface area contributed by atoms with Crippen molar-refractivity contribution < 1.29 is 14.3 Å². The number of benzene rings is 2. The Kier molecular flexibility index (Phi) is 8.35. The molecule has 10 heteroatoms. The van der Waals surface area contributed by atoms with E-state index in [9.17, 15) is 9.59 Å². The maximum Gasteiger partial charge on any atom is 0.234 e. The third-order valence-corrected chi connectivity index (χ3v) is 6.46. The van der Waals surface area contributed by atoms with Crippen molar-refractivity contribution in [2.45, 2.75) is 31.5 Å². The zero-order chi connectivity index (χ0) is 24.0. The monoisotopic (exact) mass is 487 g/mol. The minimum atomic E-state index is -0.342. The second kappa shape index (κ2) is 11.2. The third kappa shape index (κ3) is 6.49. The lowest BCUT2D eigenvalue weighted by Crippen LogP contribution is -2.29. The van der Waals surface area contributed by atoms with Crippen LogP contribution in [-0.4, -0.2) is 39.4 Å². The summed E-state index contributed by atoms with van der Waals surface area (Å²) < 4.78 is 6.91. The highest BCUT2D eigenvalue weighted by atomic mass is 35.5. The van der Waals surface area contributed by atoms with Gasteiger partial charge in [-0.05, 0) is 49.2 Å². The Bertz CT molecular complexity index is 1130. The van der Waals surface area contributed by atoms with E-state index in [0.29, 0.717) is 21.7 Å². The molecule has 0 aliphatic carbocycles. The van der Waals surface area contributed by atoms with Crippen molar-refractivity contribution in [3.8, 4) is 5.75 Å². The normalized spacial score (nSPS) is 11.7. The van der Waals surface area contributed by atoms with E-state index in [1.807, 2.05) is 45.2 Å². The van der Waals surface area contributed by atoms with Gasteiger partial charge in [-0.25, -0.2) is 0 Å². The van der Waals surface area contributed by atoms with Gasteiger partial charge in [0.1, 0.15) is 5.75 Å². The number of nitrogens with one attached hydrogen (secondary N) is 2. The Hall–Kier alpha value is -3.04. The summed E-state index contributed by atoms with van der Waals surface area (Å²) >= 11 is 7.37. The summed E-state index contributed by atoms with van der Waals surface area (Å²) in [5.41, 5.74) is 2.38. The molecule has 2 amide bonds. The summed E-state index contributed by atoms with van der Waals surface area (Å²) in [5, 5.41) is 15.3. The molecular weight excluding hydrogens is 462 g/mol. The van der Waals surface area contributed by atoms with Gasteiger partial charge in [0, 0.05) is 17.8 Å². The predicted molar refractivity (Wildman–Crippen MR) is 130 cm³/mol. The number of halogens is 1. The zero-order valence-electron chi connectivity index (χ0n) is 18.9. The first-order chi connectivity index (χ1) is 15.8. The third-order valence-electron chi connectivity index (χ3n) is 5.03. The Balaban J connectivity index is 1.54. The molecule has 0 fully saturated rings. The molecule has 1 aromatic heterocycles. The second-order valence-electron chi connectivity index (χ2n) is 7.46. The number of anilines is 1. The van der Waals surface area contributed by atoms with Gasteiger partial charge < -0.3 is 19.9 Å². The number of ether oxygens (including phenoxy) is 1. The smallest absolute Gasteiger partial charge is 0.234 e. The SMILES string of the molecule is COc1ccc(CC(=O)N[C@H](C)c2nnc(SCC(=O)Nc3cccc(Cl)c3C)n2C)cc1. The maximum absolute atomic E-state index is 12.4. The lowest BCUT2D eigenvalue weighted by Gasteiger charge is -2.14. The topological polar surface area (TPSA) is 98.1 Å². The minimum absolute atomic E-state index is 0.124. The second-order valence-corrected chi connectivity index (χ2v) is 8.81. The number of amides is 2. The molecule has 0 unspecified atom stereocenters. The van der Waals surface area contributed by atoms with E-state index >= 15 is 0 Å². The van der Waals surface area contributed by atoms with Gasteiger partial charge in [0.15, 0.2) is 11.0 Å². The fourth-order valence-electron chi connectivity index (χ4n) is 3.17. The summed E-state index contributed by atoms with van der Waals surface area (Å²) in [5.74, 6) is 1.22. The van der Waals surface area contributed by atoms with Crippen LogP contribution in [0.3, 0.4) is 0 Å². The number of carbonyl (C=O) groups excluding carboxylic acids is 2. The molecule has 0 aliphatic rings. The van der Waals surface area contributed by atoms with E-state index in [1.54, 1.807) is 29.9 Å². The van der Waals surface area contributed by atoms with Gasteiger partial charge in [-0.3, -0.25) is 9.59 Å². The van der Waals surface area contributed by atoms with Gasteiger partial charge in [0.05, 0.1) is 25.3 Å². The van der Waals surface area contributed by atoms with Gasteiger partial charge in [-0.1, -0.05) is 41.6 Å². The average Bonchev–Trinajstić information content (AvgIpc) is 3.16. The lowest BCUT2D eigenvalue weighted by molar-refractivity contribution is -0.121. The van der Waals surface area contributed by atoms with Gasteiger partial charge in [-0.2, -0.15) is 0 Å². The molecule has 0 saturated heterocycles. The Labute approximate surface area is 202 Å². The van der Waals surface area contributed by atoms with Crippen molar-refractivity contribution in [2.75, 3.05) is 18.2 Å². The van der Waals surface area contributed by atoms with E-state index in [0.717, 1.165) is 16.9 Å². The maximum atomic E-state index is 12.4. The number of thioether (sulfide) groups is 1. The van der Waals surface area contributed by atoms with E-state index in [1.165, 1.54) is 11.8 Å². The van der Waals surface area contributed by atoms with Crippen molar-refractivity contribution in [1.82, 2.24) is 20.1 Å². The van der Waals surface area contributed by atoms with Crippen LogP contribution < -0.4 is 15.4 Å². The highest BCUT2D eigenvalue weighted by molar-refractivity contribution is 7.99. The Morgan fingerprint density at radius 3 is 2.58 bits per heavy atom. The molecule has 3 aromatic rings. The quantitative estimate of drug-likeness (QED) is 0.444. The first-order valence-corrected chi connectivity index (χ1v) is 11.6. The molecule has 174 valence electrons. The van der Waals surface area contributed by atoms with E-state index in [2.05, 4.69) is 20.8 Å². The molecule has 0 saturated carbocycles. The average molecular weight is 488 g/mol. The molecule has 8 nitrogen and oxygen atoms in total. The van der Waals surface area contributed by atoms with Crippen LogP contribution in [-0.2, 0) is 23.1 Å². The van der Waals surface area contributed by atoms with Crippen LogP contribution in [0.1, 0.15) is 29.9 Å². The van der Waals surface area contributed by atoms with Crippen molar-refractivity contribution in [2.24, 2.45) is 7.05 Å². The summed E-state index contributed by atoms with van der Waals surface area (Å²) in [7, 11) is 3.41. The summed E-state index contributed by atoms with van der Waals surface area (Å²) in [4.78, 5) is 24.8. The van der Waals surface area contributed by atoms with Crippen LogP contribution in [0.5, 0.6) is 5.75 Å². The standard InChI is InChI=1S/C23H26ClN5O3S/c1-14-18(24)6-5-7-19(14)26-21(31)13-33-23-28-27-22(29(23)3)15(2)25-20(30)12-16-8-10-17(32-4)11-9-16/h5-11,15H,12-13H2,1-4H3,(H,25,30)(H,26,31)/t15-/m1/s1. The molecular formula is C23H26ClN5O3S. The summed E-state index contributed by atoms with van der Waals surface area (Å²) in [6.07, 6.45) is 0.247. The van der Waals surface area contributed by atoms with Crippen molar-refractivity contribution in [3.63, 3.8) is 0 Å². The number of carbonyl (C=O) groups is 2. The molecule has 2 N–H and O–H groups in total. The number of hydrogen-bond donors (Lipinski definition) is 2. The van der Waals surface area contributed by atoms with Crippen LogP contribution in [0.4, 0.5) is 5.69 Å². The molecule has 0 aliphatic heterocycles. The molecule has 0 bridgehead atoms. The minimum Gasteiger partial charge on any atom is -0.497 e. The predicted octanol–water partition coefficient (Wildman–Crippen LogP) is 3.94. The summed E-state index contributed by atoms with van der Waals surface area (Å²) in [6, 6.07) is 12.4. The fourth-order valence-corrected chi connectivity index (χ4v) is 4.07. The van der Waals surface area contributed by atoms with Gasteiger partial charge in [-0.15, -0.1) is 10.2 Å².